The van der Waals surface area contributed by atoms with Crippen molar-refractivity contribution in [1.29, 1.82) is 0 Å². The lowest BCUT2D eigenvalue weighted by molar-refractivity contribution is 0.340. The van der Waals surface area contributed by atoms with Gasteiger partial charge in [0.15, 0.2) is 0 Å². The van der Waals surface area contributed by atoms with E-state index in [9.17, 15) is 0 Å². The van der Waals surface area contributed by atoms with Crippen LogP contribution in [-0.4, -0.2) is 52.1 Å². The molecule has 0 bridgehead atoms. The molecule has 0 aromatic heterocycles. The average Bonchev–Trinajstić information content (AvgIpc) is 3.63. The van der Waals surface area contributed by atoms with Crippen LogP contribution in [0.2, 0.25) is 0 Å². The maximum absolute atomic E-state index is 5.77. The molecule has 0 unspecified atom stereocenters. The molecule has 8 nitrogen and oxygen atoms in total. The predicted molar refractivity (Wildman–Crippen MR) is 178 cm³/mol. The topological polar surface area (TPSA) is 49.9 Å². The highest BCUT2D eigenvalue weighted by atomic mass is 16.5. The lowest BCUT2D eigenvalue weighted by Gasteiger charge is -2.33. The van der Waals surface area contributed by atoms with Gasteiger partial charge in [-0.15, -0.1) is 0 Å². The van der Waals surface area contributed by atoms with E-state index in [4.69, 9.17) is 18.9 Å². The van der Waals surface area contributed by atoms with Crippen LogP contribution >= 0.6 is 0 Å². The van der Waals surface area contributed by atoms with Crippen molar-refractivity contribution in [3.63, 3.8) is 0 Å². The molecular weight excluding hydrogens is 552 g/mol. The van der Waals surface area contributed by atoms with Gasteiger partial charge < -0.3 is 38.5 Å². The molecule has 44 heavy (non-hydrogen) atoms. The largest absolute Gasteiger partial charge is 0.494 e. The normalized spacial score (nSPS) is 17.5. The summed E-state index contributed by atoms with van der Waals surface area (Å²) in [5.41, 5.74) is 4.56. The smallest absolute Gasteiger partial charge is 0.145 e. The molecule has 0 aliphatic carbocycles. The van der Waals surface area contributed by atoms with Gasteiger partial charge in [-0.2, -0.15) is 0 Å². The van der Waals surface area contributed by atoms with E-state index in [1.165, 1.54) is 0 Å². The van der Waals surface area contributed by atoms with Crippen LogP contribution in [0.5, 0.6) is 23.0 Å². The fourth-order valence-electron chi connectivity index (χ4n) is 6.18. The van der Waals surface area contributed by atoms with Gasteiger partial charge in [-0.3, -0.25) is 0 Å². The molecule has 6 rings (SSSR count). The summed E-state index contributed by atoms with van der Waals surface area (Å²) in [6.07, 6.45) is 0.0352. The van der Waals surface area contributed by atoms with Crippen molar-refractivity contribution in [3.05, 3.63) is 97.1 Å². The zero-order valence-electron chi connectivity index (χ0n) is 26.1. The minimum atomic E-state index is 0.0176. The third kappa shape index (κ3) is 5.89. The molecule has 0 amide bonds. The molecule has 2 fully saturated rings. The van der Waals surface area contributed by atoms with E-state index in [0.29, 0.717) is 39.8 Å². The monoisotopic (exact) mass is 594 g/mol. The summed E-state index contributed by atoms with van der Waals surface area (Å²) in [4.78, 5) is 9.95. The van der Waals surface area contributed by atoms with Gasteiger partial charge in [0.2, 0.25) is 0 Å². The van der Waals surface area contributed by atoms with Crippen LogP contribution in [0.3, 0.4) is 0 Å². The molecule has 4 aromatic rings. The summed E-state index contributed by atoms with van der Waals surface area (Å²) in [5.74, 6) is 3.50. The predicted octanol–water partition coefficient (Wildman–Crippen LogP) is 7.20. The van der Waals surface area contributed by atoms with Crippen LogP contribution in [0.1, 0.15) is 27.7 Å². The minimum Gasteiger partial charge on any atom is -0.494 e. The van der Waals surface area contributed by atoms with Crippen LogP contribution in [0.4, 0.5) is 22.7 Å². The Morgan fingerprint density at radius 2 is 0.591 bits per heavy atom. The lowest BCUT2D eigenvalue weighted by Crippen LogP contribution is -2.46. The molecule has 0 atom stereocenters. The van der Waals surface area contributed by atoms with Crippen LogP contribution in [-0.2, 0) is 0 Å². The van der Waals surface area contributed by atoms with Crippen molar-refractivity contribution in [3.8, 4) is 23.0 Å². The Labute approximate surface area is 260 Å². The highest BCUT2D eigenvalue weighted by Gasteiger charge is 2.52. The van der Waals surface area contributed by atoms with E-state index < -0.39 is 0 Å². The second-order valence-electron chi connectivity index (χ2n) is 10.7. The first-order valence-corrected chi connectivity index (χ1v) is 15.6. The van der Waals surface area contributed by atoms with E-state index in [0.717, 1.165) is 45.7 Å². The summed E-state index contributed by atoms with van der Waals surface area (Å²) in [7, 11) is 0. The molecule has 2 aliphatic heterocycles. The second kappa shape index (κ2) is 13.3. The SMILES string of the molecule is CCOc1ccc(N2CN(c3ccc(OCC)cc3)C3C2N(c2ccc(OCC)cc2)CN3c2ccc(OCC)cc2)cc1. The van der Waals surface area contributed by atoms with Crippen molar-refractivity contribution >= 4 is 22.7 Å². The lowest BCUT2D eigenvalue weighted by atomic mass is 10.2. The third-order valence-electron chi connectivity index (χ3n) is 8.07. The number of anilines is 4. The number of fused-ring (bicyclic) bond motifs is 1. The Balaban J connectivity index is 1.44. The summed E-state index contributed by atoms with van der Waals surface area (Å²) in [5, 5.41) is 0. The van der Waals surface area contributed by atoms with E-state index in [2.05, 4.69) is 117 Å². The van der Waals surface area contributed by atoms with Gasteiger partial charge in [0.1, 0.15) is 35.3 Å². The van der Waals surface area contributed by atoms with Gasteiger partial charge in [-0.1, -0.05) is 0 Å². The zero-order valence-corrected chi connectivity index (χ0v) is 26.1. The standard InChI is InChI=1S/C36H42N4O4/c1-5-41-31-17-9-27(10-18-31)37-25-38(28-11-19-32(20-12-28)42-6-2)36-35(37)39(29-13-21-33(22-14-29)43-7-3)26-40(36)30-15-23-34(24-16-30)44-8-4/h9-24,35-36H,5-8,25-26H2,1-4H3. The fraction of sp³-hybridized carbons (Fsp3) is 0.333. The van der Waals surface area contributed by atoms with Crippen LogP contribution in [0.25, 0.3) is 0 Å². The van der Waals surface area contributed by atoms with Crippen molar-refractivity contribution in [2.24, 2.45) is 0 Å². The number of nitrogens with zero attached hydrogens (tertiary/aromatic N) is 4. The molecule has 8 heteroatoms. The number of benzene rings is 4. The molecule has 0 N–H and O–H groups in total. The van der Waals surface area contributed by atoms with Crippen molar-refractivity contribution < 1.29 is 18.9 Å². The summed E-state index contributed by atoms with van der Waals surface area (Å²) in [6.45, 7) is 12.0. The molecule has 2 heterocycles. The van der Waals surface area contributed by atoms with Crippen molar-refractivity contribution in [1.82, 2.24) is 0 Å². The minimum absolute atomic E-state index is 0.0176. The van der Waals surface area contributed by atoms with Gasteiger partial charge in [0, 0.05) is 22.7 Å². The molecule has 0 saturated carbocycles. The Hall–Kier alpha value is -4.72. The van der Waals surface area contributed by atoms with E-state index in [1.807, 2.05) is 27.7 Å². The first-order chi connectivity index (χ1) is 21.6. The second-order valence-corrected chi connectivity index (χ2v) is 10.7. The fourth-order valence-corrected chi connectivity index (χ4v) is 6.18. The van der Waals surface area contributed by atoms with Gasteiger partial charge in [0.25, 0.3) is 0 Å². The zero-order chi connectivity index (χ0) is 30.5. The van der Waals surface area contributed by atoms with Crippen LogP contribution in [0, 0.1) is 0 Å². The Morgan fingerprint density at radius 3 is 0.773 bits per heavy atom. The summed E-state index contributed by atoms with van der Waals surface area (Å²) >= 11 is 0. The molecule has 230 valence electrons. The van der Waals surface area contributed by atoms with Crippen LogP contribution < -0.4 is 38.5 Å². The highest BCUT2D eigenvalue weighted by Crippen LogP contribution is 2.43. The molecule has 4 aromatic carbocycles. The van der Waals surface area contributed by atoms with Crippen molar-refractivity contribution in [2.45, 2.75) is 40.0 Å². The average molecular weight is 595 g/mol. The Morgan fingerprint density at radius 1 is 0.386 bits per heavy atom. The number of ether oxygens (including phenoxy) is 4. The Bertz CT molecular complexity index is 1250. The Kier molecular flexibility index (Phi) is 8.86. The van der Waals surface area contributed by atoms with Gasteiger partial charge in [-0.05, 0) is 125 Å². The van der Waals surface area contributed by atoms with E-state index in [-0.39, 0.29) is 12.3 Å². The molecule has 2 saturated heterocycles. The van der Waals surface area contributed by atoms with Crippen LogP contribution in [0.15, 0.2) is 97.1 Å². The maximum Gasteiger partial charge on any atom is 0.145 e. The van der Waals surface area contributed by atoms with E-state index >= 15 is 0 Å². The number of hydrogen-bond acceptors (Lipinski definition) is 8. The summed E-state index contributed by atoms with van der Waals surface area (Å²) < 4.78 is 23.1. The van der Waals surface area contributed by atoms with E-state index in [1.54, 1.807) is 0 Å². The van der Waals surface area contributed by atoms with Gasteiger partial charge >= 0.3 is 0 Å². The summed E-state index contributed by atoms with van der Waals surface area (Å²) in [6, 6.07) is 33.8. The van der Waals surface area contributed by atoms with Crippen molar-refractivity contribution in [2.75, 3.05) is 59.4 Å². The quantitative estimate of drug-likeness (QED) is 0.171. The molecule has 0 radical (unpaired) electrons. The first kappa shape index (κ1) is 29.4. The number of rotatable bonds is 12. The maximum atomic E-state index is 5.77. The molecule has 2 aliphatic rings. The third-order valence-corrected chi connectivity index (χ3v) is 8.07. The number of hydrogen-bond donors (Lipinski definition) is 0. The highest BCUT2D eigenvalue weighted by molar-refractivity contribution is 5.69. The first-order valence-electron chi connectivity index (χ1n) is 15.6. The molecule has 0 spiro atoms. The van der Waals surface area contributed by atoms with Gasteiger partial charge in [0.05, 0.1) is 39.8 Å². The van der Waals surface area contributed by atoms with Gasteiger partial charge in [-0.25, -0.2) is 0 Å². The molecular formula is C36H42N4O4.